The normalized spacial score (nSPS) is 29.7. The molecule has 4 unspecified atom stereocenters. The molecule has 2 aromatic heterocycles. The highest BCUT2D eigenvalue weighted by Gasteiger charge is 2.44. The summed E-state index contributed by atoms with van der Waals surface area (Å²) in [6.07, 6.45) is 4.96. The van der Waals surface area contributed by atoms with Gasteiger partial charge in [-0.05, 0) is 49.3 Å². The molecule has 5 rings (SSSR count). The number of anilines is 1. The van der Waals surface area contributed by atoms with E-state index in [1.54, 1.807) is 12.4 Å². The Kier molecular flexibility index (Phi) is 2.68. The van der Waals surface area contributed by atoms with Crippen molar-refractivity contribution in [1.82, 2.24) is 15.0 Å². The summed E-state index contributed by atoms with van der Waals surface area (Å²) in [4.78, 5) is 11.9. The second-order valence-corrected chi connectivity index (χ2v) is 6.90. The number of hydrogen-bond donors (Lipinski definition) is 3. The number of rotatable bonds is 2. The number of nitrogens with one attached hydrogen (secondary N) is 2. The molecule has 0 amide bonds. The topological polar surface area (TPSA) is 79.6 Å². The van der Waals surface area contributed by atoms with Crippen LogP contribution in [0.2, 0.25) is 0 Å². The Bertz CT molecular complexity index is 903. The van der Waals surface area contributed by atoms with Crippen molar-refractivity contribution in [3.8, 4) is 0 Å². The van der Waals surface area contributed by atoms with Gasteiger partial charge in [0.15, 0.2) is 0 Å². The number of nitrogens with zero attached hydrogens (tertiary/aromatic N) is 2. The molecule has 2 bridgehead atoms. The molecule has 2 aliphatic rings. The van der Waals surface area contributed by atoms with Crippen molar-refractivity contribution in [1.29, 1.82) is 0 Å². The number of aromatic amines is 1. The standard InChI is InChI=1S/C17H18FN5/c18-10-1-2-11-14(6-10)23-17-15(11)16(20-7-21-17)22-13-5-8-3-9(13)4-12(8)19/h1-2,6-9,12-13H,3-5,19H2,(H2,20,21,22,23). The average Bonchev–Trinajstić information content (AvgIpc) is 3.18. The molecule has 2 aliphatic carbocycles. The molecular weight excluding hydrogens is 293 g/mol. The fourth-order valence-electron chi connectivity index (χ4n) is 4.48. The van der Waals surface area contributed by atoms with Crippen LogP contribution < -0.4 is 11.1 Å². The van der Waals surface area contributed by atoms with Crippen LogP contribution in [0, 0.1) is 17.7 Å². The molecular formula is C17H18FN5. The maximum atomic E-state index is 13.4. The lowest BCUT2D eigenvalue weighted by Gasteiger charge is -2.27. The zero-order valence-electron chi connectivity index (χ0n) is 12.6. The zero-order chi connectivity index (χ0) is 15.6. The van der Waals surface area contributed by atoms with Gasteiger partial charge in [-0.2, -0.15) is 0 Å². The first-order chi connectivity index (χ1) is 11.2. The van der Waals surface area contributed by atoms with Gasteiger partial charge in [0.25, 0.3) is 0 Å². The molecule has 3 aromatic rings. The van der Waals surface area contributed by atoms with Crippen molar-refractivity contribution in [3.63, 3.8) is 0 Å². The van der Waals surface area contributed by atoms with Gasteiger partial charge in [0.2, 0.25) is 0 Å². The molecule has 4 atom stereocenters. The Hall–Kier alpha value is -2.21. The van der Waals surface area contributed by atoms with Gasteiger partial charge in [0.05, 0.1) is 10.9 Å². The Morgan fingerprint density at radius 3 is 2.87 bits per heavy atom. The summed E-state index contributed by atoms with van der Waals surface area (Å²) in [5.41, 5.74) is 7.63. The van der Waals surface area contributed by atoms with Gasteiger partial charge in [-0.1, -0.05) is 0 Å². The highest BCUT2D eigenvalue weighted by atomic mass is 19.1. The van der Waals surface area contributed by atoms with Gasteiger partial charge in [0.1, 0.15) is 23.6 Å². The lowest BCUT2D eigenvalue weighted by molar-refractivity contribution is 0.390. The molecule has 118 valence electrons. The Balaban J connectivity index is 1.58. The monoisotopic (exact) mass is 311 g/mol. The van der Waals surface area contributed by atoms with E-state index in [9.17, 15) is 4.39 Å². The van der Waals surface area contributed by atoms with Crippen LogP contribution in [-0.2, 0) is 0 Å². The van der Waals surface area contributed by atoms with Crippen LogP contribution in [0.25, 0.3) is 21.9 Å². The maximum absolute atomic E-state index is 13.4. The van der Waals surface area contributed by atoms with E-state index in [2.05, 4.69) is 20.3 Å². The summed E-state index contributed by atoms with van der Waals surface area (Å²) in [5, 5.41) is 5.50. The summed E-state index contributed by atoms with van der Waals surface area (Å²) in [6.45, 7) is 0. The molecule has 23 heavy (non-hydrogen) atoms. The van der Waals surface area contributed by atoms with Crippen LogP contribution in [0.5, 0.6) is 0 Å². The first kappa shape index (κ1) is 13.2. The third-order valence-corrected chi connectivity index (χ3v) is 5.59. The summed E-state index contributed by atoms with van der Waals surface area (Å²) >= 11 is 0. The first-order valence-electron chi connectivity index (χ1n) is 8.13. The van der Waals surface area contributed by atoms with Gasteiger partial charge in [-0.15, -0.1) is 0 Å². The Labute approximate surface area is 132 Å². The highest BCUT2D eigenvalue weighted by molar-refractivity contribution is 6.11. The SMILES string of the molecule is NC1CC2CC1CC2Nc1ncnc2[nH]c3cc(F)ccc3c12. The minimum Gasteiger partial charge on any atom is -0.366 e. The molecule has 0 spiro atoms. The van der Waals surface area contributed by atoms with E-state index in [-0.39, 0.29) is 5.82 Å². The first-order valence-corrected chi connectivity index (χ1v) is 8.13. The molecule has 2 heterocycles. The minimum atomic E-state index is -0.256. The molecule has 0 radical (unpaired) electrons. The third-order valence-electron chi connectivity index (χ3n) is 5.59. The molecule has 6 heteroatoms. The van der Waals surface area contributed by atoms with Crippen molar-refractivity contribution in [2.24, 2.45) is 17.6 Å². The summed E-state index contributed by atoms with van der Waals surface area (Å²) in [7, 11) is 0. The van der Waals surface area contributed by atoms with E-state index >= 15 is 0 Å². The number of halogens is 1. The summed E-state index contributed by atoms with van der Waals surface area (Å²) in [5.74, 6) is 1.84. The van der Waals surface area contributed by atoms with E-state index < -0.39 is 0 Å². The molecule has 2 saturated carbocycles. The van der Waals surface area contributed by atoms with Gasteiger partial charge in [-0.25, -0.2) is 14.4 Å². The molecule has 1 aromatic carbocycles. The fourth-order valence-corrected chi connectivity index (χ4v) is 4.48. The zero-order valence-corrected chi connectivity index (χ0v) is 12.6. The molecule has 4 N–H and O–H groups in total. The Morgan fingerprint density at radius 2 is 2.09 bits per heavy atom. The Morgan fingerprint density at radius 1 is 1.17 bits per heavy atom. The van der Waals surface area contributed by atoms with E-state index in [0.29, 0.717) is 23.9 Å². The van der Waals surface area contributed by atoms with E-state index in [1.165, 1.54) is 18.6 Å². The lowest BCUT2D eigenvalue weighted by Crippen LogP contribution is -2.35. The second kappa shape index (κ2) is 4.64. The van der Waals surface area contributed by atoms with Crippen molar-refractivity contribution in [3.05, 3.63) is 30.3 Å². The van der Waals surface area contributed by atoms with Gasteiger partial charge < -0.3 is 16.0 Å². The lowest BCUT2D eigenvalue weighted by atomic mass is 9.92. The number of fused-ring (bicyclic) bond motifs is 5. The number of benzene rings is 1. The molecule has 0 saturated heterocycles. The van der Waals surface area contributed by atoms with Crippen LogP contribution in [-0.4, -0.2) is 27.0 Å². The third kappa shape index (κ3) is 1.94. The largest absolute Gasteiger partial charge is 0.366 e. The number of H-pyrrole nitrogens is 1. The quantitative estimate of drug-likeness (QED) is 0.680. The molecule has 0 aliphatic heterocycles. The maximum Gasteiger partial charge on any atom is 0.143 e. The van der Waals surface area contributed by atoms with Gasteiger partial charge in [-0.3, -0.25) is 0 Å². The summed E-state index contributed by atoms with van der Waals surface area (Å²) in [6, 6.07) is 5.54. The van der Waals surface area contributed by atoms with Gasteiger partial charge in [0, 0.05) is 17.5 Å². The van der Waals surface area contributed by atoms with Gasteiger partial charge >= 0.3 is 0 Å². The number of aromatic nitrogens is 3. The highest BCUT2D eigenvalue weighted by Crippen LogP contribution is 2.45. The number of hydrogen-bond acceptors (Lipinski definition) is 4. The predicted molar refractivity (Wildman–Crippen MR) is 87.6 cm³/mol. The number of nitrogens with two attached hydrogens (primary N) is 1. The average molecular weight is 311 g/mol. The van der Waals surface area contributed by atoms with E-state index in [0.717, 1.165) is 40.6 Å². The fraction of sp³-hybridized carbons (Fsp3) is 0.412. The smallest absolute Gasteiger partial charge is 0.143 e. The predicted octanol–water partition coefficient (Wildman–Crippen LogP) is 2.79. The van der Waals surface area contributed by atoms with Crippen molar-refractivity contribution < 1.29 is 4.39 Å². The van der Waals surface area contributed by atoms with Crippen molar-refractivity contribution in [2.75, 3.05) is 5.32 Å². The van der Waals surface area contributed by atoms with Crippen LogP contribution in [0.1, 0.15) is 19.3 Å². The summed E-state index contributed by atoms with van der Waals surface area (Å²) < 4.78 is 13.4. The second-order valence-electron chi connectivity index (χ2n) is 6.90. The van der Waals surface area contributed by atoms with Crippen LogP contribution in [0.3, 0.4) is 0 Å². The van der Waals surface area contributed by atoms with Crippen LogP contribution >= 0.6 is 0 Å². The molecule has 5 nitrogen and oxygen atoms in total. The van der Waals surface area contributed by atoms with Crippen molar-refractivity contribution >= 4 is 27.8 Å². The van der Waals surface area contributed by atoms with E-state index in [4.69, 9.17) is 5.73 Å². The van der Waals surface area contributed by atoms with Crippen LogP contribution in [0.4, 0.5) is 10.2 Å². The minimum absolute atomic E-state index is 0.256. The molecule has 2 fully saturated rings. The van der Waals surface area contributed by atoms with Crippen molar-refractivity contribution in [2.45, 2.75) is 31.3 Å². The van der Waals surface area contributed by atoms with Crippen LogP contribution in [0.15, 0.2) is 24.5 Å². The van der Waals surface area contributed by atoms with E-state index in [1.807, 2.05) is 0 Å².